The van der Waals surface area contributed by atoms with Crippen LogP contribution in [0.5, 0.6) is 0 Å². The number of aryl methyl sites for hydroxylation is 2. The molecular weight excluding hydrogens is 384 g/mol. The van der Waals surface area contributed by atoms with E-state index in [1.165, 1.54) is 6.20 Å². The molecule has 29 heavy (non-hydrogen) atoms. The number of imidazole rings is 1. The molecule has 0 fully saturated rings. The number of nitrogens with zero attached hydrogens (tertiary/aromatic N) is 2. The Morgan fingerprint density at radius 3 is 2.28 bits per heavy atom. The molecule has 0 N–H and O–H groups in total. The first-order valence-corrected chi connectivity index (χ1v) is 11.2. The standard InChI is InChI=1S/C23H26N2O3S/c1-4-18-13-10-14-19(5-2)21(18)25-20(22(26)28-6-3)15-24-23(25)29(27)16-17-11-8-7-9-12-17/h7-15H,4-6,16H2,1-3H3. The van der Waals surface area contributed by atoms with Gasteiger partial charge in [-0.25, -0.2) is 9.36 Å². The van der Waals surface area contributed by atoms with Crippen molar-refractivity contribution in [2.24, 2.45) is 0 Å². The van der Waals surface area contributed by atoms with Crippen LogP contribution in [0.2, 0.25) is 0 Å². The van der Waals surface area contributed by atoms with Gasteiger partial charge in [-0.15, -0.1) is 0 Å². The second-order valence-electron chi connectivity index (χ2n) is 6.59. The van der Waals surface area contributed by atoms with Gasteiger partial charge in [0, 0.05) is 16.7 Å². The summed E-state index contributed by atoms with van der Waals surface area (Å²) < 4.78 is 20.3. The third-order valence-corrected chi connectivity index (χ3v) is 6.04. The highest BCUT2D eigenvalue weighted by atomic mass is 32.2. The normalized spacial score (nSPS) is 12.0. The average Bonchev–Trinajstić information content (AvgIpc) is 3.19. The van der Waals surface area contributed by atoms with E-state index >= 15 is 0 Å². The van der Waals surface area contributed by atoms with E-state index in [9.17, 15) is 9.35 Å². The zero-order valence-electron chi connectivity index (χ0n) is 17.1. The molecule has 2 aromatic carbocycles. The van der Waals surface area contributed by atoms with Crippen molar-refractivity contribution in [2.45, 2.75) is 44.5 Å². The summed E-state index contributed by atoms with van der Waals surface area (Å²) in [5, 5.41) is 0.368. The molecule has 3 rings (SSSR count). The Morgan fingerprint density at radius 2 is 1.69 bits per heavy atom. The fraction of sp³-hybridized carbons (Fsp3) is 0.304. The molecule has 0 spiro atoms. The number of hydrogen-bond acceptors (Lipinski definition) is 4. The molecule has 1 aromatic heterocycles. The minimum atomic E-state index is -1.42. The molecule has 152 valence electrons. The van der Waals surface area contributed by atoms with Crippen molar-refractivity contribution in [1.29, 1.82) is 0 Å². The van der Waals surface area contributed by atoms with E-state index in [0.29, 0.717) is 16.6 Å². The summed E-state index contributed by atoms with van der Waals surface area (Å²) >= 11 is -1.42. The van der Waals surface area contributed by atoms with Crippen LogP contribution in [0, 0.1) is 0 Å². The molecule has 6 heteroatoms. The van der Waals surface area contributed by atoms with Crippen molar-refractivity contribution in [3.05, 3.63) is 77.1 Å². The maximum absolute atomic E-state index is 13.3. The largest absolute Gasteiger partial charge is 0.609 e. The quantitative estimate of drug-likeness (QED) is 0.406. The van der Waals surface area contributed by atoms with Crippen LogP contribution in [0.3, 0.4) is 0 Å². The number of carbonyl (C=O) groups is 1. The number of carbonyl (C=O) groups excluding carboxylic acids is 1. The lowest BCUT2D eigenvalue weighted by molar-refractivity contribution is 0.0516. The predicted molar refractivity (Wildman–Crippen MR) is 115 cm³/mol. The Morgan fingerprint density at radius 1 is 1.03 bits per heavy atom. The Labute approximate surface area is 174 Å². The molecule has 0 radical (unpaired) electrons. The van der Waals surface area contributed by atoms with Crippen LogP contribution in [0.4, 0.5) is 0 Å². The molecule has 1 unspecified atom stereocenters. The van der Waals surface area contributed by atoms with Crippen LogP contribution in [-0.2, 0) is 34.5 Å². The van der Waals surface area contributed by atoms with Gasteiger partial charge in [-0.2, -0.15) is 4.98 Å². The lowest BCUT2D eigenvalue weighted by atomic mass is 10.0. The fourth-order valence-electron chi connectivity index (χ4n) is 3.35. The van der Waals surface area contributed by atoms with Crippen LogP contribution < -0.4 is 0 Å². The van der Waals surface area contributed by atoms with Crippen molar-refractivity contribution in [3.63, 3.8) is 0 Å². The molecule has 0 amide bonds. The van der Waals surface area contributed by atoms with Gasteiger partial charge in [-0.3, -0.25) is 0 Å². The SMILES string of the molecule is CCOC(=O)c1cnc([S+]([O-])Cc2ccccc2)n1-c1c(CC)cccc1CC. The fourth-order valence-corrected chi connectivity index (χ4v) is 4.54. The van der Waals surface area contributed by atoms with Crippen molar-refractivity contribution >= 4 is 17.1 Å². The monoisotopic (exact) mass is 410 g/mol. The highest BCUT2D eigenvalue weighted by molar-refractivity contribution is 7.90. The van der Waals surface area contributed by atoms with E-state index < -0.39 is 17.1 Å². The Balaban J connectivity index is 2.16. The number of rotatable bonds is 8. The smallest absolute Gasteiger partial charge is 0.357 e. The van der Waals surface area contributed by atoms with Gasteiger partial charge in [0.2, 0.25) is 0 Å². The van der Waals surface area contributed by atoms with Gasteiger partial charge in [-0.1, -0.05) is 62.4 Å². The van der Waals surface area contributed by atoms with E-state index in [4.69, 9.17) is 4.74 Å². The first-order chi connectivity index (χ1) is 14.1. The Kier molecular flexibility index (Phi) is 7.12. The molecule has 0 saturated heterocycles. The van der Waals surface area contributed by atoms with Gasteiger partial charge >= 0.3 is 11.1 Å². The highest BCUT2D eigenvalue weighted by Crippen LogP contribution is 2.28. The summed E-state index contributed by atoms with van der Waals surface area (Å²) in [5.41, 5.74) is 4.29. The zero-order chi connectivity index (χ0) is 20.8. The van der Waals surface area contributed by atoms with Crippen molar-refractivity contribution < 1.29 is 14.1 Å². The van der Waals surface area contributed by atoms with E-state index in [1.54, 1.807) is 11.5 Å². The first-order valence-electron chi connectivity index (χ1n) is 9.88. The average molecular weight is 411 g/mol. The maximum atomic E-state index is 13.3. The highest BCUT2D eigenvalue weighted by Gasteiger charge is 2.29. The molecule has 0 saturated carbocycles. The summed E-state index contributed by atoms with van der Waals surface area (Å²) in [7, 11) is 0. The van der Waals surface area contributed by atoms with E-state index in [2.05, 4.69) is 18.8 Å². The first kappa shape index (κ1) is 21.1. The van der Waals surface area contributed by atoms with E-state index in [1.807, 2.05) is 48.5 Å². The van der Waals surface area contributed by atoms with Gasteiger partial charge in [0.25, 0.3) is 0 Å². The summed E-state index contributed by atoms with van der Waals surface area (Å²) in [6.07, 6.45) is 3.05. The molecule has 1 heterocycles. The van der Waals surface area contributed by atoms with Crippen LogP contribution >= 0.6 is 0 Å². The van der Waals surface area contributed by atoms with Crippen LogP contribution in [0.15, 0.2) is 59.9 Å². The third kappa shape index (κ3) is 4.54. The van der Waals surface area contributed by atoms with Gasteiger partial charge < -0.3 is 9.29 Å². The number of benzene rings is 2. The summed E-state index contributed by atoms with van der Waals surface area (Å²) in [6, 6.07) is 15.7. The number of esters is 1. The lowest BCUT2D eigenvalue weighted by Crippen LogP contribution is -2.19. The lowest BCUT2D eigenvalue weighted by Gasteiger charge is -2.19. The predicted octanol–water partition coefficient (Wildman–Crippen LogP) is 4.48. The molecule has 0 aliphatic rings. The topological polar surface area (TPSA) is 67.2 Å². The van der Waals surface area contributed by atoms with E-state index in [0.717, 1.165) is 35.2 Å². The molecule has 0 bridgehead atoms. The van der Waals surface area contributed by atoms with Crippen LogP contribution in [0.25, 0.3) is 5.69 Å². The summed E-state index contributed by atoms with van der Waals surface area (Å²) in [5.74, 6) is -0.133. The molecule has 0 aliphatic heterocycles. The minimum absolute atomic E-state index is 0.266. The minimum Gasteiger partial charge on any atom is -0.609 e. The van der Waals surface area contributed by atoms with Gasteiger partial charge in [0.15, 0.2) is 5.69 Å². The number of para-hydroxylation sites is 1. The van der Waals surface area contributed by atoms with Gasteiger partial charge in [0.05, 0.1) is 18.5 Å². The molecule has 0 aliphatic carbocycles. The second-order valence-corrected chi connectivity index (χ2v) is 7.93. The number of hydrogen-bond donors (Lipinski definition) is 0. The maximum Gasteiger partial charge on any atom is 0.357 e. The third-order valence-electron chi connectivity index (χ3n) is 4.75. The number of ether oxygens (including phenoxy) is 1. The van der Waals surface area contributed by atoms with Crippen molar-refractivity contribution in [1.82, 2.24) is 9.55 Å². The van der Waals surface area contributed by atoms with E-state index in [-0.39, 0.29) is 6.61 Å². The van der Waals surface area contributed by atoms with Gasteiger partial charge in [0.1, 0.15) is 5.75 Å². The van der Waals surface area contributed by atoms with Crippen LogP contribution in [0.1, 0.15) is 48.0 Å². The Hall–Kier alpha value is -2.57. The number of aromatic nitrogens is 2. The molecule has 1 atom stereocenters. The molecular formula is C23H26N2O3S. The second kappa shape index (κ2) is 9.76. The Bertz CT molecular complexity index is 947. The summed E-state index contributed by atoms with van der Waals surface area (Å²) in [4.78, 5) is 17.1. The van der Waals surface area contributed by atoms with Gasteiger partial charge in [-0.05, 0) is 30.9 Å². The summed E-state index contributed by atoms with van der Waals surface area (Å²) in [6.45, 7) is 6.17. The van der Waals surface area contributed by atoms with Crippen LogP contribution in [-0.4, -0.2) is 26.7 Å². The molecule has 5 nitrogen and oxygen atoms in total. The van der Waals surface area contributed by atoms with Crippen molar-refractivity contribution in [3.8, 4) is 5.69 Å². The van der Waals surface area contributed by atoms with Crippen molar-refractivity contribution in [2.75, 3.05) is 6.61 Å². The zero-order valence-corrected chi connectivity index (χ0v) is 17.9. The molecule has 3 aromatic rings.